The maximum Gasteiger partial charge on any atom is 0.342 e. The van der Waals surface area contributed by atoms with E-state index in [4.69, 9.17) is 7.25 Å². The van der Waals surface area contributed by atoms with Gasteiger partial charge in [-0.05, 0) is 38.9 Å². The SMILES string of the molecule is COc1ccc([I+](OS(=O)(=O)c2c(F)c(F)c(F)c(F)c2F)c2ccccc2)cc1. The highest BCUT2D eigenvalue weighted by Gasteiger charge is 2.42. The second-order valence-corrected chi connectivity index (χ2v) is 12.1. The van der Waals surface area contributed by atoms with Gasteiger partial charge in [-0.3, -0.25) is 0 Å². The van der Waals surface area contributed by atoms with E-state index in [-0.39, 0.29) is 0 Å². The lowest BCUT2D eigenvalue weighted by Crippen LogP contribution is -3.85. The number of hydrogen-bond donors (Lipinski definition) is 0. The molecule has 0 aliphatic carbocycles. The molecule has 1 radical (unpaired) electrons. The first-order chi connectivity index (χ1) is 14.2. The zero-order chi connectivity index (χ0) is 22.1. The predicted molar refractivity (Wildman–Crippen MR) is 91.3 cm³/mol. The van der Waals surface area contributed by atoms with Crippen LogP contribution in [0.1, 0.15) is 0 Å². The zero-order valence-electron chi connectivity index (χ0n) is 15.0. The average molecular weight is 558 g/mol. The Bertz CT molecular complexity index is 1140. The first-order valence-corrected chi connectivity index (χ1v) is 12.5. The number of rotatable bonds is 6. The highest BCUT2D eigenvalue weighted by Crippen LogP contribution is 2.27. The summed E-state index contributed by atoms with van der Waals surface area (Å²) in [4.78, 5) is -2.02. The van der Waals surface area contributed by atoms with Crippen LogP contribution in [0.15, 0.2) is 59.5 Å². The average Bonchev–Trinajstić information content (AvgIpc) is 2.75. The smallest absolute Gasteiger partial charge is 0.342 e. The number of halogens is 6. The van der Waals surface area contributed by atoms with Crippen LogP contribution in [0.5, 0.6) is 5.75 Å². The minimum Gasteiger partial charge on any atom is -0.497 e. The van der Waals surface area contributed by atoms with E-state index >= 15 is 0 Å². The van der Waals surface area contributed by atoms with E-state index in [2.05, 4.69) is 0 Å². The second-order valence-electron chi connectivity index (χ2n) is 5.62. The Kier molecular flexibility index (Phi) is 6.62. The van der Waals surface area contributed by atoms with Crippen LogP contribution in [0.2, 0.25) is 0 Å². The van der Waals surface area contributed by atoms with Crippen LogP contribution in [-0.2, 0) is 12.6 Å². The van der Waals surface area contributed by atoms with Crippen LogP contribution in [0.4, 0.5) is 22.0 Å². The highest BCUT2D eigenvalue weighted by molar-refractivity contribution is 7.86. The molecule has 0 bridgehead atoms. The van der Waals surface area contributed by atoms with Crippen molar-refractivity contribution >= 4 is 10.1 Å². The molecule has 0 N–H and O–H groups in total. The van der Waals surface area contributed by atoms with E-state index in [1.807, 2.05) is 0 Å². The van der Waals surface area contributed by atoms with Crippen molar-refractivity contribution in [3.63, 3.8) is 0 Å². The Morgan fingerprint density at radius 1 is 0.700 bits per heavy atom. The minimum atomic E-state index is -5.35. The molecule has 159 valence electrons. The van der Waals surface area contributed by atoms with E-state index in [1.165, 1.54) is 31.4 Å². The van der Waals surface area contributed by atoms with Gasteiger partial charge in [0.2, 0.25) is 5.82 Å². The Hall–Kier alpha value is -2.25. The molecule has 3 aromatic carbocycles. The molecule has 3 aromatic rings. The summed E-state index contributed by atoms with van der Waals surface area (Å²) in [5, 5.41) is 0. The molecule has 0 unspecified atom stereocenters. The normalized spacial score (nSPS) is 11.7. The van der Waals surface area contributed by atoms with Crippen molar-refractivity contribution in [2.24, 2.45) is 0 Å². The molecule has 0 aliphatic heterocycles. The van der Waals surface area contributed by atoms with Gasteiger partial charge in [-0.25, -0.2) is 22.0 Å². The van der Waals surface area contributed by atoms with Gasteiger partial charge < -0.3 is 4.74 Å². The highest BCUT2D eigenvalue weighted by atomic mass is 127. The summed E-state index contributed by atoms with van der Waals surface area (Å²) >= 11 is -3.40. The number of benzene rings is 3. The van der Waals surface area contributed by atoms with E-state index in [0.717, 1.165) is 0 Å². The summed E-state index contributed by atoms with van der Waals surface area (Å²) in [6.07, 6.45) is 0. The van der Waals surface area contributed by atoms with Crippen LogP contribution < -0.4 is 25.0 Å². The summed E-state index contributed by atoms with van der Waals surface area (Å²) in [7, 11) is -3.93. The van der Waals surface area contributed by atoms with Gasteiger partial charge in [0, 0.05) is 0 Å². The predicted octanol–water partition coefficient (Wildman–Crippen LogP) is 1.38. The summed E-state index contributed by atoms with van der Waals surface area (Å²) in [5.74, 6) is -11.7. The molecule has 0 aliphatic rings. The fourth-order valence-electron chi connectivity index (χ4n) is 2.33. The van der Waals surface area contributed by atoms with Gasteiger partial charge in [0.1, 0.15) is 5.75 Å². The van der Waals surface area contributed by atoms with Gasteiger partial charge in [0.15, 0.2) is 35.3 Å². The van der Waals surface area contributed by atoms with Gasteiger partial charge in [0.25, 0.3) is 0 Å². The summed E-state index contributed by atoms with van der Waals surface area (Å²) in [6.45, 7) is 0. The lowest BCUT2D eigenvalue weighted by Gasteiger charge is -2.09. The molecule has 0 spiro atoms. The van der Waals surface area contributed by atoms with Crippen molar-refractivity contribution in [2.45, 2.75) is 4.90 Å². The fourth-order valence-corrected chi connectivity index (χ4v) is 9.33. The standard InChI is InChI=1S/C19H12F5IO4S/c1-28-13-9-7-12(8-10-13)25(11-5-3-2-4-6-11)29-30(26,27)19-17(23)15(21)14(20)16(22)18(19)24/h2-10H,1H3/q+1. The van der Waals surface area contributed by atoms with Crippen molar-refractivity contribution in [1.29, 1.82) is 0 Å². The maximum atomic E-state index is 14.1. The third kappa shape index (κ3) is 4.27. The monoisotopic (exact) mass is 558 g/mol. The molecule has 0 saturated carbocycles. The van der Waals surface area contributed by atoms with Gasteiger partial charge in [-0.2, -0.15) is 8.42 Å². The first-order valence-electron chi connectivity index (χ1n) is 8.03. The lowest BCUT2D eigenvalue weighted by atomic mass is 10.3. The molecule has 4 nitrogen and oxygen atoms in total. The Morgan fingerprint density at radius 2 is 1.17 bits per heavy atom. The molecule has 11 heteroatoms. The lowest BCUT2D eigenvalue weighted by molar-refractivity contribution is -1.03. The molecule has 0 heterocycles. The fraction of sp³-hybridized carbons (Fsp3) is 0.0526. The van der Waals surface area contributed by atoms with Gasteiger partial charge >= 0.3 is 30.4 Å². The van der Waals surface area contributed by atoms with Crippen LogP contribution in [0.25, 0.3) is 0 Å². The van der Waals surface area contributed by atoms with Crippen LogP contribution >= 0.6 is 0 Å². The number of methoxy groups -OCH3 is 1. The molecular weight excluding hydrogens is 546 g/mol. The van der Waals surface area contributed by atoms with E-state index in [1.54, 1.807) is 30.3 Å². The molecule has 0 amide bonds. The van der Waals surface area contributed by atoms with E-state index in [9.17, 15) is 30.4 Å². The maximum absolute atomic E-state index is 14.1. The second kappa shape index (κ2) is 8.86. The molecule has 0 fully saturated rings. The third-order valence-corrected chi connectivity index (χ3v) is 11.1. The van der Waals surface area contributed by atoms with Crippen LogP contribution in [0, 0.1) is 36.2 Å². The Balaban J connectivity index is 2.13. The Labute approximate surface area is 176 Å². The zero-order valence-corrected chi connectivity index (χ0v) is 18.0. The van der Waals surface area contributed by atoms with Crippen LogP contribution in [-0.4, -0.2) is 15.5 Å². The van der Waals surface area contributed by atoms with E-state index < -0.39 is 64.3 Å². The molecule has 0 atom stereocenters. The summed E-state index contributed by atoms with van der Waals surface area (Å²) in [5.41, 5.74) is 0. The quantitative estimate of drug-likeness (QED) is 0.199. The van der Waals surface area contributed by atoms with E-state index in [0.29, 0.717) is 12.9 Å². The minimum absolute atomic E-state index is 0.388. The summed E-state index contributed by atoms with van der Waals surface area (Å²) in [6, 6.07) is 14.0. The van der Waals surface area contributed by atoms with Gasteiger partial charge in [-0.1, -0.05) is 18.2 Å². The van der Waals surface area contributed by atoms with Crippen molar-refractivity contribution in [2.75, 3.05) is 7.11 Å². The van der Waals surface area contributed by atoms with Crippen molar-refractivity contribution in [1.82, 2.24) is 0 Å². The number of hydrogen-bond acceptors (Lipinski definition) is 4. The van der Waals surface area contributed by atoms with Crippen molar-refractivity contribution in [3.8, 4) is 5.75 Å². The largest absolute Gasteiger partial charge is 0.497 e. The third-order valence-electron chi connectivity index (χ3n) is 3.74. The van der Waals surface area contributed by atoms with Crippen molar-refractivity contribution in [3.05, 3.63) is 90.8 Å². The Morgan fingerprint density at radius 3 is 1.67 bits per heavy atom. The molecule has 3 rings (SSSR count). The first kappa shape index (κ1) is 22.4. The molecule has 0 aromatic heterocycles. The topological polar surface area (TPSA) is 52.6 Å². The van der Waals surface area contributed by atoms with Gasteiger partial charge in [0.05, 0.1) is 7.11 Å². The molecular formula is C19H12F5IO4S+. The van der Waals surface area contributed by atoms with Crippen molar-refractivity contribution < 1.29 is 57.9 Å². The van der Waals surface area contributed by atoms with Gasteiger partial charge in [-0.15, -0.1) is 0 Å². The summed E-state index contributed by atoms with van der Waals surface area (Å²) < 4.78 is 105. The number of ether oxygens (including phenoxy) is 1. The molecule has 30 heavy (non-hydrogen) atoms. The van der Waals surface area contributed by atoms with Crippen LogP contribution in [0.3, 0.4) is 0 Å². The molecule has 0 saturated heterocycles.